The molecule has 1 heterocycles. The van der Waals surface area contributed by atoms with Gasteiger partial charge in [0.1, 0.15) is 4.88 Å². The molecule has 94 valence electrons. The zero-order valence-electron chi connectivity index (χ0n) is 9.90. The van der Waals surface area contributed by atoms with Gasteiger partial charge in [0.05, 0.1) is 10.7 Å². The molecular weight excluding hydrogens is 256 g/mol. The Bertz CT molecular complexity index is 403. The monoisotopic (exact) mass is 272 g/mol. The lowest BCUT2D eigenvalue weighted by molar-refractivity contribution is 0.0956. The number of nitrogens with zero attached hydrogens (tertiary/aromatic N) is 2. The van der Waals surface area contributed by atoms with Gasteiger partial charge >= 0.3 is 0 Å². The van der Waals surface area contributed by atoms with E-state index < -0.39 is 0 Å². The van der Waals surface area contributed by atoms with Gasteiger partial charge in [0.2, 0.25) is 0 Å². The molecule has 0 aromatic carbocycles. The summed E-state index contributed by atoms with van der Waals surface area (Å²) in [5, 5.41) is 6.77. The topological polar surface area (TPSA) is 80.9 Å². The van der Waals surface area contributed by atoms with Gasteiger partial charge in [-0.2, -0.15) is 0 Å². The third-order valence-corrected chi connectivity index (χ3v) is 3.10. The summed E-state index contributed by atoms with van der Waals surface area (Å²) >= 11 is 5.88. The molecule has 5 nitrogen and oxygen atoms in total. The highest BCUT2D eigenvalue weighted by molar-refractivity contribution is 7.80. The van der Waals surface area contributed by atoms with Crippen molar-refractivity contribution >= 4 is 34.6 Å². The van der Waals surface area contributed by atoms with Crippen molar-refractivity contribution in [3.8, 4) is 0 Å². The number of hydrogen-bond acceptors (Lipinski definition) is 5. The fourth-order valence-corrected chi connectivity index (χ4v) is 2.16. The molecule has 0 fully saturated rings. The van der Waals surface area contributed by atoms with Gasteiger partial charge in [-0.3, -0.25) is 4.79 Å². The van der Waals surface area contributed by atoms with E-state index in [0.29, 0.717) is 22.8 Å². The summed E-state index contributed by atoms with van der Waals surface area (Å²) in [6.45, 7) is 4.53. The molecule has 17 heavy (non-hydrogen) atoms. The Morgan fingerprint density at radius 2 is 2.29 bits per heavy atom. The van der Waals surface area contributed by atoms with Gasteiger partial charge < -0.3 is 11.1 Å². The van der Waals surface area contributed by atoms with Crippen molar-refractivity contribution < 1.29 is 4.79 Å². The summed E-state index contributed by atoms with van der Waals surface area (Å²) < 4.78 is 3.81. The SMILES string of the molecule is CC(C)c1nnsc1C(=O)NCCCC(N)=S. The molecular formula is C10H16N4OS2. The van der Waals surface area contributed by atoms with Gasteiger partial charge in [0, 0.05) is 6.54 Å². The molecule has 1 rings (SSSR count). The van der Waals surface area contributed by atoms with Crippen LogP contribution in [0, 0.1) is 0 Å². The first-order valence-electron chi connectivity index (χ1n) is 5.41. The van der Waals surface area contributed by atoms with Crippen LogP contribution in [0.1, 0.15) is 48.0 Å². The Hall–Kier alpha value is -1.08. The van der Waals surface area contributed by atoms with Crippen molar-refractivity contribution in [1.82, 2.24) is 14.9 Å². The number of rotatable bonds is 6. The van der Waals surface area contributed by atoms with Gasteiger partial charge in [0.15, 0.2) is 0 Å². The van der Waals surface area contributed by atoms with Crippen molar-refractivity contribution in [3.63, 3.8) is 0 Å². The Labute approximate surface area is 110 Å². The van der Waals surface area contributed by atoms with Crippen LogP contribution in [0.5, 0.6) is 0 Å². The smallest absolute Gasteiger partial charge is 0.264 e. The molecule has 1 aromatic heterocycles. The van der Waals surface area contributed by atoms with Crippen LogP contribution >= 0.6 is 23.8 Å². The lowest BCUT2D eigenvalue weighted by Gasteiger charge is -2.05. The number of carbonyl (C=O) groups excluding carboxylic acids is 1. The lowest BCUT2D eigenvalue weighted by Crippen LogP contribution is -2.25. The molecule has 1 amide bonds. The minimum absolute atomic E-state index is 0.119. The Morgan fingerprint density at radius 3 is 2.88 bits per heavy atom. The highest BCUT2D eigenvalue weighted by Gasteiger charge is 2.17. The second-order valence-electron chi connectivity index (χ2n) is 3.97. The van der Waals surface area contributed by atoms with E-state index in [1.807, 2.05) is 13.8 Å². The van der Waals surface area contributed by atoms with Crippen LogP contribution in [-0.2, 0) is 0 Å². The summed E-state index contributed by atoms with van der Waals surface area (Å²) in [5.41, 5.74) is 6.12. The molecule has 0 atom stereocenters. The minimum Gasteiger partial charge on any atom is -0.393 e. The van der Waals surface area contributed by atoms with Gasteiger partial charge in [-0.05, 0) is 30.3 Å². The standard InChI is InChI=1S/C10H16N4OS2/c1-6(2)8-9(17-14-13-8)10(15)12-5-3-4-7(11)16/h6H,3-5H2,1-2H3,(H2,11,16)(H,12,15). The van der Waals surface area contributed by atoms with Crippen molar-refractivity contribution in [3.05, 3.63) is 10.6 Å². The number of aromatic nitrogens is 2. The van der Waals surface area contributed by atoms with Crippen molar-refractivity contribution in [1.29, 1.82) is 0 Å². The number of hydrogen-bond donors (Lipinski definition) is 2. The number of thiocarbonyl (C=S) groups is 1. The molecule has 1 aromatic rings. The second-order valence-corrected chi connectivity index (χ2v) is 5.25. The number of carbonyl (C=O) groups is 1. The Kier molecular flexibility index (Phi) is 5.43. The maximum absolute atomic E-state index is 11.8. The van der Waals surface area contributed by atoms with Crippen LogP contribution in [0.15, 0.2) is 0 Å². The van der Waals surface area contributed by atoms with Crippen LogP contribution in [0.25, 0.3) is 0 Å². The lowest BCUT2D eigenvalue weighted by atomic mass is 10.1. The minimum atomic E-state index is -0.119. The average molecular weight is 272 g/mol. The van der Waals surface area contributed by atoms with E-state index in [9.17, 15) is 4.79 Å². The Balaban J connectivity index is 2.47. The number of nitrogens with two attached hydrogens (primary N) is 1. The maximum atomic E-state index is 11.8. The average Bonchev–Trinajstić information content (AvgIpc) is 2.72. The molecule has 7 heteroatoms. The molecule has 0 unspecified atom stereocenters. The summed E-state index contributed by atoms with van der Waals surface area (Å²) in [4.78, 5) is 12.9. The van der Waals surface area contributed by atoms with E-state index in [2.05, 4.69) is 14.9 Å². The Morgan fingerprint density at radius 1 is 1.59 bits per heavy atom. The first kappa shape index (κ1) is 14.0. The fraction of sp³-hybridized carbons (Fsp3) is 0.600. The number of nitrogens with one attached hydrogen (secondary N) is 1. The van der Waals surface area contributed by atoms with Crippen LogP contribution in [0.3, 0.4) is 0 Å². The first-order valence-corrected chi connectivity index (χ1v) is 6.59. The van der Waals surface area contributed by atoms with Crippen molar-refractivity contribution in [2.75, 3.05) is 6.54 Å². The predicted octanol–water partition coefficient (Wildman–Crippen LogP) is 1.46. The summed E-state index contributed by atoms with van der Waals surface area (Å²) in [6.07, 6.45) is 1.40. The van der Waals surface area contributed by atoms with E-state index in [1.165, 1.54) is 0 Å². The molecule has 0 radical (unpaired) electrons. The van der Waals surface area contributed by atoms with Gasteiger partial charge in [-0.15, -0.1) is 5.10 Å². The normalized spacial score (nSPS) is 10.5. The quantitative estimate of drug-likeness (QED) is 0.605. The highest BCUT2D eigenvalue weighted by Crippen LogP contribution is 2.19. The van der Waals surface area contributed by atoms with Crippen molar-refractivity contribution in [2.24, 2.45) is 5.73 Å². The zero-order valence-corrected chi connectivity index (χ0v) is 11.5. The zero-order chi connectivity index (χ0) is 12.8. The predicted molar refractivity (Wildman–Crippen MR) is 72.4 cm³/mol. The van der Waals surface area contributed by atoms with Crippen molar-refractivity contribution in [2.45, 2.75) is 32.6 Å². The molecule has 0 bridgehead atoms. The van der Waals surface area contributed by atoms with E-state index >= 15 is 0 Å². The third kappa shape index (κ3) is 4.35. The molecule has 0 aliphatic carbocycles. The largest absolute Gasteiger partial charge is 0.393 e. The molecule has 0 saturated heterocycles. The molecule has 0 aliphatic heterocycles. The molecule has 0 spiro atoms. The molecule has 0 saturated carbocycles. The van der Waals surface area contributed by atoms with Crippen LogP contribution in [0.2, 0.25) is 0 Å². The maximum Gasteiger partial charge on any atom is 0.264 e. The molecule has 3 N–H and O–H groups in total. The van der Waals surface area contributed by atoms with Gasteiger partial charge in [-0.25, -0.2) is 0 Å². The van der Waals surface area contributed by atoms with Crippen LogP contribution < -0.4 is 11.1 Å². The number of amides is 1. The summed E-state index contributed by atoms with van der Waals surface area (Å²) in [6, 6.07) is 0. The summed E-state index contributed by atoms with van der Waals surface area (Å²) in [5.74, 6) is 0.0813. The third-order valence-electron chi connectivity index (χ3n) is 2.15. The molecule has 0 aliphatic rings. The van der Waals surface area contributed by atoms with Gasteiger partial charge in [-0.1, -0.05) is 30.6 Å². The fourth-order valence-electron chi connectivity index (χ4n) is 1.28. The van der Waals surface area contributed by atoms with Gasteiger partial charge in [0.25, 0.3) is 5.91 Å². The van der Waals surface area contributed by atoms with Crippen LogP contribution in [0.4, 0.5) is 0 Å². The van der Waals surface area contributed by atoms with E-state index in [-0.39, 0.29) is 11.8 Å². The van der Waals surface area contributed by atoms with E-state index in [0.717, 1.165) is 23.6 Å². The first-order chi connectivity index (χ1) is 8.02. The van der Waals surface area contributed by atoms with Crippen LogP contribution in [-0.4, -0.2) is 27.0 Å². The second kappa shape index (κ2) is 6.61. The highest BCUT2D eigenvalue weighted by atomic mass is 32.1. The van der Waals surface area contributed by atoms with E-state index in [1.54, 1.807) is 0 Å². The summed E-state index contributed by atoms with van der Waals surface area (Å²) in [7, 11) is 0. The van der Waals surface area contributed by atoms with E-state index in [4.69, 9.17) is 18.0 Å².